The Hall–Kier alpha value is -3.28. The maximum Gasteiger partial charge on any atom is 0.232 e. The number of methoxy groups -OCH3 is 3. The van der Waals surface area contributed by atoms with Gasteiger partial charge in [-0.05, 0) is 42.0 Å². The van der Waals surface area contributed by atoms with Crippen molar-refractivity contribution in [1.29, 1.82) is 0 Å². The summed E-state index contributed by atoms with van der Waals surface area (Å²) in [6, 6.07) is 11.6. The molecule has 0 aromatic heterocycles. The van der Waals surface area contributed by atoms with Gasteiger partial charge in [-0.1, -0.05) is 32.9 Å². The molecule has 34 heavy (non-hydrogen) atoms. The molecule has 1 aliphatic carbocycles. The first-order valence-electron chi connectivity index (χ1n) is 11.7. The highest BCUT2D eigenvalue weighted by molar-refractivity contribution is 6.08. The number of allylic oxidation sites excluding steroid dienone is 2. The van der Waals surface area contributed by atoms with Crippen LogP contribution < -0.4 is 19.1 Å². The molecule has 0 N–H and O–H groups in total. The fraction of sp³-hybridized carbons (Fsp3) is 0.429. The summed E-state index contributed by atoms with van der Waals surface area (Å²) in [5, 5.41) is 0. The molecule has 0 radical (unpaired) electrons. The van der Waals surface area contributed by atoms with Gasteiger partial charge in [-0.25, -0.2) is 0 Å². The van der Waals surface area contributed by atoms with Gasteiger partial charge < -0.3 is 14.2 Å². The van der Waals surface area contributed by atoms with Crippen LogP contribution in [-0.2, 0) is 16.0 Å². The van der Waals surface area contributed by atoms with E-state index in [0.29, 0.717) is 35.7 Å². The normalized spacial score (nSPS) is 19.7. The van der Waals surface area contributed by atoms with Crippen LogP contribution in [0.25, 0.3) is 0 Å². The number of benzene rings is 2. The predicted molar refractivity (Wildman–Crippen MR) is 132 cm³/mol. The number of hydrogen-bond acceptors (Lipinski definition) is 5. The van der Waals surface area contributed by atoms with Gasteiger partial charge in [-0.15, -0.1) is 0 Å². The molecule has 0 saturated heterocycles. The maximum absolute atomic E-state index is 13.7. The van der Waals surface area contributed by atoms with Crippen LogP contribution in [0.4, 0.5) is 5.69 Å². The molecule has 4 rings (SSSR count). The molecule has 1 amide bonds. The number of aryl methyl sites for hydroxylation is 1. The molecule has 2 aromatic rings. The van der Waals surface area contributed by atoms with Crippen molar-refractivity contribution in [2.75, 3.05) is 26.2 Å². The molecular formula is C28H33NO5. The van der Waals surface area contributed by atoms with E-state index < -0.39 is 5.92 Å². The molecule has 180 valence electrons. The number of ether oxygens (including phenoxy) is 3. The lowest BCUT2D eigenvalue weighted by Gasteiger charge is -2.43. The first-order chi connectivity index (χ1) is 16.2. The van der Waals surface area contributed by atoms with Crippen molar-refractivity contribution in [2.45, 2.75) is 52.4 Å². The number of Topliss-reactive ketones (excluding diaryl/α,β-unsaturated/α-hetero) is 1. The van der Waals surface area contributed by atoms with Crippen LogP contribution in [0.3, 0.4) is 0 Å². The van der Waals surface area contributed by atoms with Gasteiger partial charge in [-0.3, -0.25) is 14.5 Å². The van der Waals surface area contributed by atoms with Gasteiger partial charge in [0.15, 0.2) is 17.3 Å². The third-order valence-electron chi connectivity index (χ3n) is 6.86. The van der Waals surface area contributed by atoms with Gasteiger partial charge in [0.05, 0.1) is 21.3 Å². The summed E-state index contributed by atoms with van der Waals surface area (Å²) in [5.41, 5.74) is 4.03. The van der Waals surface area contributed by atoms with Crippen molar-refractivity contribution in [3.05, 3.63) is 58.8 Å². The molecule has 0 unspecified atom stereocenters. The molecule has 0 spiro atoms. The summed E-state index contributed by atoms with van der Waals surface area (Å²) in [4.78, 5) is 29.0. The fourth-order valence-electron chi connectivity index (χ4n) is 5.19. The Morgan fingerprint density at radius 2 is 1.53 bits per heavy atom. The van der Waals surface area contributed by atoms with Gasteiger partial charge in [0.2, 0.25) is 5.91 Å². The molecule has 6 heteroatoms. The molecule has 1 aliphatic heterocycles. The van der Waals surface area contributed by atoms with E-state index in [1.807, 2.05) is 30.3 Å². The topological polar surface area (TPSA) is 65.1 Å². The van der Waals surface area contributed by atoms with Gasteiger partial charge in [0.1, 0.15) is 5.75 Å². The molecule has 1 atom stereocenters. The van der Waals surface area contributed by atoms with E-state index in [1.165, 1.54) is 5.56 Å². The average Bonchev–Trinajstić information content (AvgIpc) is 2.81. The van der Waals surface area contributed by atoms with Crippen molar-refractivity contribution in [3.63, 3.8) is 0 Å². The minimum Gasteiger partial charge on any atom is -0.496 e. The zero-order chi connectivity index (χ0) is 24.6. The molecule has 2 aliphatic rings. The van der Waals surface area contributed by atoms with Crippen molar-refractivity contribution < 1.29 is 23.8 Å². The summed E-state index contributed by atoms with van der Waals surface area (Å²) in [5.74, 6) is 1.28. The van der Waals surface area contributed by atoms with Crippen molar-refractivity contribution in [3.8, 4) is 17.2 Å². The van der Waals surface area contributed by atoms with Crippen LogP contribution in [0.1, 0.15) is 57.1 Å². The summed E-state index contributed by atoms with van der Waals surface area (Å²) in [6.07, 6.45) is 2.18. The second kappa shape index (κ2) is 9.16. The number of nitrogens with zero attached hydrogens (tertiary/aromatic N) is 1. The van der Waals surface area contributed by atoms with E-state index in [9.17, 15) is 9.59 Å². The Balaban J connectivity index is 1.91. The van der Waals surface area contributed by atoms with E-state index in [0.717, 1.165) is 23.4 Å². The minimum atomic E-state index is -0.410. The molecule has 2 aromatic carbocycles. The maximum atomic E-state index is 13.7. The van der Waals surface area contributed by atoms with E-state index >= 15 is 0 Å². The molecule has 0 fully saturated rings. The van der Waals surface area contributed by atoms with Crippen LogP contribution in [0.15, 0.2) is 47.7 Å². The SMILES string of the molecule is CCc1ccc(N2C(=O)C[C@@H](c3cc(OC)c(OC)cc3OC)C3=C2CC(C)(C)CC3=O)cc1. The standard InChI is InChI=1S/C28H33NO5/c1-7-17-8-10-18(11-9-17)29-21-15-28(2,3)16-22(30)27(21)20(13-26(29)31)19-12-24(33-5)25(34-6)14-23(19)32-4/h8-12,14,20H,7,13,15-16H2,1-6H3/t20-/m0/s1. The summed E-state index contributed by atoms with van der Waals surface area (Å²) in [6.45, 7) is 6.27. The monoisotopic (exact) mass is 463 g/mol. The number of ketones is 1. The Bertz CT molecular complexity index is 1150. The number of hydrogen-bond donors (Lipinski definition) is 0. The smallest absolute Gasteiger partial charge is 0.232 e. The average molecular weight is 464 g/mol. The van der Waals surface area contributed by atoms with Crippen LogP contribution in [0, 0.1) is 5.41 Å². The lowest BCUT2D eigenvalue weighted by atomic mass is 9.69. The van der Waals surface area contributed by atoms with E-state index in [2.05, 4.69) is 20.8 Å². The van der Waals surface area contributed by atoms with Crippen LogP contribution in [0.5, 0.6) is 17.2 Å². The highest BCUT2D eigenvalue weighted by Gasteiger charge is 2.45. The summed E-state index contributed by atoms with van der Waals surface area (Å²) < 4.78 is 16.6. The Morgan fingerprint density at radius 1 is 0.912 bits per heavy atom. The van der Waals surface area contributed by atoms with Crippen molar-refractivity contribution >= 4 is 17.4 Å². The summed E-state index contributed by atoms with van der Waals surface area (Å²) in [7, 11) is 4.72. The zero-order valence-corrected chi connectivity index (χ0v) is 20.9. The van der Waals surface area contributed by atoms with Gasteiger partial charge >= 0.3 is 0 Å². The molecule has 6 nitrogen and oxygen atoms in total. The molecule has 1 heterocycles. The Morgan fingerprint density at radius 3 is 2.12 bits per heavy atom. The predicted octanol–water partition coefficient (Wildman–Crippen LogP) is 5.44. The van der Waals surface area contributed by atoms with Crippen LogP contribution in [0.2, 0.25) is 0 Å². The minimum absolute atomic E-state index is 0.0321. The third kappa shape index (κ3) is 4.17. The van der Waals surface area contributed by atoms with E-state index in [4.69, 9.17) is 14.2 Å². The number of anilines is 1. The highest BCUT2D eigenvalue weighted by Crippen LogP contribution is 2.51. The molecular weight excluding hydrogens is 430 g/mol. The largest absolute Gasteiger partial charge is 0.496 e. The van der Waals surface area contributed by atoms with Crippen LogP contribution >= 0.6 is 0 Å². The quantitative estimate of drug-likeness (QED) is 0.571. The summed E-state index contributed by atoms with van der Waals surface area (Å²) >= 11 is 0. The molecule has 0 saturated carbocycles. The number of carbonyl (C=O) groups excluding carboxylic acids is 2. The Kier molecular flexibility index (Phi) is 6.43. The van der Waals surface area contributed by atoms with Crippen LogP contribution in [-0.4, -0.2) is 33.0 Å². The third-order valence-corrected chi connectivity index (χ3v) is 6.86. The van der Waals surface area contributed by atoms with Crippen molar-refractivity contribution in [2.24, 2.45) is 5.41 Å². The Labute approximate surface area is 201 Å². The number of carbonyl (C=O) groups is 2. The first kappa shape index (κ1) is 23.9. The lowest BCUT2D eigenvalue weighted by Crippen LogP contribution is -2.43. The first-order valence-corrected chi connectivity index (χ1v) is 11.7. The van der Waals surface area contributed by atoms with E-state index in [-0.39, 0.29) is 23.5 Å². The highest BCUT2D eigenvalue weighted by atomic mass is 16.5. The second-order valence-electron chi connectivity index (χ2n) is 9.76. The zero-order valence-electron chi connectivity index (χ0n) is 20.9. The van der Waals surface area contributed by atoms with Gasteiger partial charge in [0, 0.05) is 47.3 Å². The van der Waals surface area contributed by atoms with Gasteiger partial charge in [-0.2, -0.15) is 0 Å². The van der Waals surface area contributed by atoms with E-state index in [1.54, 1.807) is 32.3 Å². The van der Waals surface area contributed by atoms with Crippen molar-refractivity contribution in [1.82, 2.24) is 0 Å². The number of amides is 1. The van der Waals surface area contributed by atoms with Gasteiger partial charge in [0.25, 0.3) is 0 Å². The lowest BCUT2D eigenvalue weighted by molar-refractivity contribution is -0.121. The second-order valence-corrected chi connectivity index (χ2v) is 9.76. The number of rotatable bonds is 6. The molecule has 0 bridgehead atoms. The fourth-order valence-corrected chi connectivity index (χ4v) is 5.19.